The fraction of sp³-hybridized carbons (Fsp3) is 0.188. The lowest BCUT2D eigenvalue weighted by atomic mass is 10.1. The number of nitrogens with zero attached hydrogens (tertiary/aromatic N) is 1. The van der Waals surface area contributed by atoms with Crippen molar-refractivity contribution in [3.8, 4) is 5.88 Å². The smallest absolute Gasteiger partial charge is 0.219 e. The maximum Gasteiger partial charge on any atom is 0.219 e. The van der Waals surface area contributed by atoms with E-state index >= 15 is 0 Å². The minimum atomic E-state index is -0.898. The maximum absolute atomic E-state index is 10.5. The molecule has 2 aromatic heterocycles. The van der Waals surface area contributed by atoms with Crippen LogP contribution in [0.25, 0.3) is 11.0 Å². The van der Waals surface area contributed by atoms with Crippen molar-refractivity contribution < 1.29 is 14.3 Å². The summed E-state index contributed by atoms with van der Waals surface area (Å²) in [6.07, 6.45) is 0.725. The lowest BCUT2D eigenvalue weighted by Gasteiger charge is -2.11. The van der Waals surface area contributed by atoms with Crippen molar-refractivity contribution >= 4 is 11.0 Å². The summed E-state index contributed by atoms with van der Waals surface area (Å²) in [7, 11) is 1.53. The minimum Gasteiger partial charge on any atom is -0.481 e. The Kier molecular flexibility index (Phi) is 3.16. The van der Waals surface area contributed by atoms with E-state index in [0.29, 0.717) is 17.2 Å². The van der Waals surface area contributed by atoms with Gasteiger partial charge in [0.2, 0.25) is 5.88 Å². The molecule has 1 N–H and O–H groups in total. The van der Waals surface area contributed by atoms with Crippen molar-refractivity contribution in [3.05, 3.63) is 59.5 Å². The van der Waals surface area contributed by atoms with Crippen molar-refractivity contribution in [1.29, 1.82) is 0 Å². The van der Waals surface area contributed by atoms with Gasteiger partial charge in [0.05, 0.1) is 12.7 Å². The molecule has 102 valence electrons. The van der Waals surface area contributed by atoms with E-state index in [9.17, 15) is 5.11 Å². The quantitative estimate of drug-likeness (QED) is 0.793. The van der Waals surface area contributed by atoms with Crippen LogP contribution in [0.5, 0.6) is 5.88 Å². The van der Waals surface area contributed by atoms with Crippen LogP contribution in [0.3, 0.4) is 0 Å². The van der Waals surface area contributed by atoms with Gasteiger partial charge in [0.15, 0.2) is 0 Å². The van der Waals surface area contributed by atoms with E-state index in [-0.39, 0.29) is 0 Å². The molecule has 0 fully saturated rings. The van der Waals surface area contributed by atoms with Gasteiger partial charge in [0.1, 0.15) is 17.4 Å². The highest BCUT2D eigenvalue weighted by Gasteiger charge is 2.20. The molecule has 0 aliphatic rings. The number of aliphatic hydroxyl groups is 1. The lowest BCUT2D eigenvalue weighted by Crippen LogP contribution is -2.02. The topological polar surface area (TPSA) is 55.5 Å². The zero-order chi connectivity index (χ0) is 14.1. The van der Waals surface area contributed by atoms with Gasteiger partial charge in [-0.25, -0.2) is 4.98 Å². The van der Waals surface area contributed by atoms with Crippen molar-refractivity contribution in [2.75, 3.05) is 7.11 Å². The molecule has 0 saturated heterocycles. The highest BCUT2D eigenvalue weighted by Crippen LogP contribution is 2.32. The Morgan fingerprint density at radius 1 is 1.25 bits per heavy atom. The largest absolute Gasteiger partial charge is 0.481 e. The zero-order valence-corrected chi connectivity index (χ0v) is 11.3. The number of ether oxygens (including phenoxy) is 1. The fourth-order valence-corrected chi connectivity index (χ4v) is 2.30. The van der Waals surface area contributed by atoms with Gasteiger partial charge in [-0.2, -0.15) is 0 Å². The Hall–Kier alpha value is -2.33. The zero-order valence-electron chi connectivity index (χ0n) is 11.3. The second-order valence-electron chi connectivity index (χ2n) is 4.65. The van der Waals surface area contributed by atoms with Crippen molar-refractivity contribution in [1.82, 2.24) is 4.98 Å². The van der Waals surface area contributed by atoms with Gasteiger partial charge in [-0.05, 0) is 30.7 Å². The van der Waals surface area contributed by atoms with Gasteiger partial charge in [-0.3, -0.25) is 0 Å². The van der Waals surface area contributed by atoms with E-state index in [1.165, 1.54) is 7.11 Å². The number of furan rings is 1. The molecule has 1 unspecified atom stereocenters. The van der Waals surface area contributed by atoms with Crippen molar-refractivity contribution in [3.63, 3.8) is 0 Å². The number of aromatic nitrogens is 1. The molecule has 0 aliphatic heterocycles. The summed E-state index contributed by atoms with van der Waals surface area (Å²) >= 11 is 0. The summed E-state index contributed by atoms with van der Waals surface area (Å²) < 4.78 is 11.0. The van der Waals surface area contributed by atoms with E-state index in [1.807, 2.05) is 31.2 Å². The maximum atomic E-state index is 10.5. The van der Waals surface area contributed by atoms with E-state index in [4.69, 9.17) is 9.15 Å². The first-order valence-electron chi connectivity index (χ1n) is 6.36. The third-order valence-corrected chi connectivity index (χ3v) is 3.32. The number of fused-ring (bicyclic) bond motifs is 1. The molecule has 4 nitrogen and oxygen atoms in total. The predicted octanol–water partition coefficient (Wildman–Crippen LogP) is 3.23. The molecule has 0 radical (unpaired) electrons. The number of aliphatic hydroxyl groups excluding tert-OH is 1. The normalized spacial score (nSPS) is 12.6. The second-order valence-corrected chi connectivity index (χ2v) is 4.65. The Bertz CT molecular complexity index is 748. The molecular weight excluding hydrogens is 254 g/mol. The summed E-state index contributed by atoms with van der Waals surface area (Å²) in [5.41, 5.74) is 2.43. The van der Waals surface area contributed by atoms with Crippen LogP contribution in [-0.4, -0.2) is 17.2 Å². The molecule has 0 amide bonds. The molecule has 0 aliphatic carbocycles. The number of benzene rings is 1. The van der Waals surface area contributed by atoms with Crippen LogP contribution in [0.1, 0.15) is 23.0 Å². The molecule has 0 saturated carbocycles. The van der Waals surface area contributed by atoms with E-state index in [2.05, 4.69) is 4.98 Å². The average molecular weight is 269 g/mol. The standard InChI is InChI=1S/C16H15NO3/c1-10-5-3-6-11-9-13(20-15(10)11)14(18)12-7-4-8-17-16(12)19-2/h3-9,14,18H,1-2H3. The number of pyridine rings is 1. The Labute approximate surface area is 116 Å². The summed E-state index contributed by atoms with van der Waals surface area (Å²) in [4.78, 5) is 4.09. The molecule has 4 heteroatoms. The summed E-state index contributed by atoms with van der Waals surface area (Å²) in [6, 6.07) is 11.3. The SMILES string of the molecule is COc1ncccc1C(O)c1cc2cccc(C)c2o1. The minimum absolute atomic E-state index is 0.400. The lowest BCUT2D eigenvalue weighted by molar-refractivity contribution is 0.186. The first-order chi connectivity index (χ1) is 9.70. The highest BCUT2D eigenvalue weighted by molar-refractivity contribution is 5.81. The molecule has 1 atom stereocenters. The van der Waals surface area contributed by atoms with Gasteiger partial charge < -0.3 is 14.3 Å². The van der Waals surface area contributed by atoms with Gasteiger partial charge in [-0.1, -0.05) is 18.2 Å². The van der Waals surface area contributed by atoms with Crippen LogP contribution in [0.15, 0.2) is 47.0 Å². The number of para-hydroxylation sites is 1. The molecular formula is C16H15NO3. The Balaban J connectivity index is 2.08. The average Bonchev–Trinajstić information content (AvgIpc) is 2.92. The molecule has 3 rings (SSSR count). The van der Waals surface area contributed by atoms with Gasteiger partial charge in [0.25, 0.3) is 0 Å². The van der Waals surface area contributed by atoms with Crippen LogP contribution < -0.4 is 4.74 Å². The number of aryl methyl sites for hydroxylation is 1. The van der Waals surface area contributed by atoms with Crippen LogP contribution in [0, 0.1) is 6.92 Å². The molecule has 1 aromatic carbocycles. The van der Waals surface area contributed by atoms with Crippen molar-refractivity contribution in [2.45, 2.75) is 13.0 Å². The second kappa shape index (κ2) is 4.98. The third-order valence-electron chi connectivity index (χ3n) is 3.32. The van der Waals surface area contributed by atoms with Crippen molar-refractivity contribution in [2.24, 2.45) is 0 Å². The molecule has 2 heterocycles. The van der Waals surface area contributed by atoms with Gasteiger partial charge in [0, 0.05) is 11.6 Å². The van der Waals surface area contributed by atoms with E-state index in [1.54, 1.807) is 18.3 Å². The Morgan fingerprint density at radius 3 is 2.85 bits per heavy atom. The van der Waals surface area contributed by atoms with Crippen LogP contribution in [-0.2, 0) is 0 Å². The monoisotopic (exact) mass is 269 g/mol. The van der Waals surface area contributed by atoms with Crippen LogP contribution >= 0.6 is 0 Å². The third kappa shape index (κ3) is 2.04. The predicted molar refractivity (Wildman–Crippen MR) is 75.8 cm³/mol. The number of hydrogen-bond acceptors (Lipinski definition) is 4. The number of hydrogen-bond donors (Lipinski definition) is 1. The van der Waals surface area contributed by atoms with Crippen LogP contribution in [0.2, 0.25) is 0 Å². The first-order valence-corrected chi connectivity index (χ1v) is 6.36. The molecule has 0 bridgehead atoms. The molecule has 3 aromatic rings. The number of methoxy groups -OCH3 is 1. The summed E-state index contributed by atoms with van der Waals surface area (Å²) in [5.74, 6) is 0.887. The highest BCUT2D eigenvalue weighted by atomic mass is 16.5. The van der Waals surface area contributed by atoms with Gasteiger partial charge in [-0.15, -0.1) is 0 Å². The first kappa shape index (κ1) is 12.7. The fourth-order valence-electron chi connectivity index (χ4n) is 2.30. The summed E-state index contributed by atoms with van der Waals surface area (Å²) in [5, 5.41) is 11.5. The van der Waals surface area contributed by atoms with E-state index < -0.39 is 6.10 Å². The molecule has 0 spiro atoms. The molecule has 20 heavy (non-hydrogen) atoms. The number of rotatable bonds is 3. The van der Waals surface area contributed by atoms with Gasteiger partial charge >= 0.3 is 0 Å². The Morgan fingerprint density at radius 2 is 2.10 bits per heavy atom. The van der Waals surface area contributed by atoms with E-state index in [0.717, 1.165) is 16.5 Å². The summed E-state index contributed by atoms with van der Waals surface area (Å²) in [6.45, 7) is 1.98. The van der Waals surface area contributed by atoms with Crippen LogP contribution in [0.4, 0.5) is 0 Å².